The Labute approximate surface area is 176 Å². The third kappa shape index (κ3) is 5.33. The molecule has 0 aliphatic carbocycles. The van der Waals surface area contributed by atoms with E-state index in [4.69, 9.17) is 9.79 Å². The molecule has 1 aromatic carbocycles. The number of fused-ring (bicyclic) bond motifs is 1. The van der Waals surface area contributed by atoms with Crippen molar-refractivity contribution >= 4 is 31.6 Å². The van der Waals surface area contributed by atoms with Gasteiger partial charge in [0.05, 0.1) is 18.2 Å². The fourth-order valence-corrected chi connectivity index (χ4v) is 3.50. The molecule has 2 atom stereocenters. The minimum absolute atomic E-state index is 0.0171. The molecule has 0 bridgehead atoms. The van der Waals surface area contributed by atoms with Crippen molar-refractivity contribution in [2.24, 2.45) is 4.99 Å². The molecule has 0 spiro atoms. The van der Waals surface area contributed by atoms with Crippen molar-refractivity contribution in [3.63, 3.8) is 0 Å². The van der Waals surface area contributed by atoms with E-state index in [1.54, 1.807) is 24.3 Å². The molecule has 1 aliphatic heterocycles. The van der Waals surface area contributed by atoms with Gasteiger partial charge < -0.3 is 25.3 Å². The van der Waals surface area contributed by atoms with Gasteiger partial charge in [-0.2, -0.15) is 0 Å². The lowest BCUT2D eigenvalue weighted by Crippen LogP contribution is -2.24. The number of amides is 1. The van der Waals surface area contributed by atoms with Crippen molar-refractivity contribution in [1.29, 1.82) is 0 Å². The number of pyridine rings is 1. The summed E-state index contributed by atoms with van der Waals surface area (Å²) in [6.07, 6.45) is 2.20. The van der Waals surface area contributed by atoms with Crippen LogP contribution >= 0.6 is 7.82 Å². The second kappa shape index (κ2) is 8.94. The first-order chi connectivity index (χ1) is 14.6. The first-order valence-electron chi connectivity index (χ1n) is 9.10. The SMILES string of the molecule is Cc1ncc(COP(=O)(O)O)c(C=N[C@@H](C[C@@H]2C(=O)Nc3ccccc32)C(=O)O)c1O. The fourth-order valence-electron chi connectivity index (χ4n) is 3.19. The molecule has 31 heavy (non-hydrogen) atoms. The first kappa shape index (κ1) is 22.6. The number of nitrogens with zero attached hydrogens (tertiary/aromatic N) is 2. The van der Waals surface area contributed by atoms with Crippen molar-refractivity contribution < 1.29 is 38.7 Å². The lowest BCUT2D eigenvalue weighted by atomic mass is 9.93. The molecule has 0 saturated carbocycles. The van der Waals surface area contributed by atoms with Crippen LogP contribution in [0.15, 0.2) is 35.5 Å². The topological polar surface area (TPSA) is 179 Å². The van der Waals surface area contributed by atoms with Crippen LogP contribution in [0, 0.1) is 6.92 Å². The highest BCUT2D eigenvalue weighted by Gasteiger charge is 2.34. The number of carboxylic acid groups (broad SMARTS) is 1. The molecule has 3 rings (SSSR count). The van der Waals surface area contributed by atoms with E-state index in [0.717, 1.165) is 6.21 Å². The van der Waals surface area contributed by atoms with E-state index in [-0.39, 0.29) is 34.9 Å². The lowest BCUT2D eigenvalue weighted by Gasteiger charge is -2.14. The van der Waals surface area contributed by atoms with E-state index in [0.29, 0.717) is 11.3 Å². The van der Waals surface area contributed by atoms with Crippen molar-refractivity contribution in [2.75, 3.05) is 5.32 Å². The molecular weight excluding hydrogens is 429 g/mol. The Morgan fingerprint density at radius 3 is 2.77 bits per heavy atom. The predicted molar refractivity (Wildman–Crippen MR) is 109 cm³/mol. The molecule has 0 radical (unpaired) electrons. The molecular formula is C19H20N3O8P. The Morgan fingerprint density at radius 2 is 2.10 bits per heavy atom. The summed E-state index contributed by atoms with van der Waals surface area (Å²) < 4.78 is 15.4. The Balaban J connectivity index is 1.88. The van der Waals surface area contributed by atoms with Gasteiger partial charge in [0.15, 0.2) is 0 Å². The van der Waals surface area contributed by atoms with Crippen LogP contribution < -0.4 is 5.32 Å². The molecule has 0 fully saturated rings. The molecule has 5 N–H and O–H groups in total. The number of carboxylic acids is 1. The van der Waals surface area contributed by atoms with Crippen LogP contribution in [0.1, 0.15) is 34.7 Å². The van der Waals surface area contributed by atoms with E-state index in [2.05, 4.69) is 19.8 Å². The monoisotopic (exact) mass is 449 g/mol. The minimum Gasteiger partial charge on any atom is -0.505 e. The highest BCUT2D eigenvalue weighted by Crippen LogP contribution is 2.38. The maximum atomic E-state index is 12.3. The number of anilines is 1. The summed E-state index contributed by atoms with van der Waals surface area (Å²) in [5.74, 6) is -2.64. The summed E-state index contributed by atoms with van der Waals surface area (Å²) in [5, 5.41) is 22.6. The quantitative estimate of drug-likeness (QED) is 0.296. The van der Waals surface area contributed by atoms with Gasteiger partial charge in [0, 0.05) is 29.2 Å². The second-order valence-corrected chi connectivity index (χ2v) is 8.13. The minimum atomic E-state index is -4.78. The number of hydrogen-bond acceptors (Lipinski definition) is 7. The predicted octanol–water partition coefficient (Wildman–Crippen LogP) is 1.70. The van der Waals surface area contributed by atoms with Gasteiger partial charge in [0.2, 0.25) is 5.91 Å². The average molecular weight is 449 g/mol. The zero-order valence-corrected chi connectivity index (χ0v) is 17.2. The number of aliphatic carboxylic acids is 1. The van der Waals surface area contributed by atoms with Crippen LogP contribution in [0.4, 0.5) is 5.69 Å². The number of carbonyl (C=O) groups is 2. The Hall–Kier alpha value is -3.11. The summed E-state index contributed by atoms with van der Waals surface area (Å²) in [5.41, 5.74) is 1.61. The molecule has 11 nitrogen and oxygen atoms in total. The van der Waals surface area contributed by atoms with E-state index in [1.807, 2.05) is 0 Å². The normalized spacial score (nSPS) is 16.9. The largest absolute Gasteiger partial charge is 0.505 e. The number of aryl methyl sites for hydroxylation is 1. The number of carbonyl (C=O) groups excluding carboxylic acids is 1. The summed E-state index contributed by atoms with van der Waals surface area (Å²) in [7, 11) is -4.78. The Bertz CT molecular complexity index is 1100. The zero-order valence-electron chi connectivity index (χ0n) is 16.3. The van der Waals surface area contributed by atoms with Crippen LogP contribution in [-0.4, -0.2) is 49.1 Å². The fraction of sp³-hybridized carbons (Fsp3) is 0.263. The number of rotatable bonds is 8. The number of aromatic nitrogens is 1. The second-order valence-electron chi connectivity index (χ2n) is 6.89. The van der Waals surface area contributed by atoms with Crippen molar-refractivity contribution in [3.05, 3.63) is 52.8 Å². The number of phosphoric ester groups is 1. The van der Waals surface area contributed by atoms with Crippen molar-refractivity contribution in [1.82, 2.24) is 4.98 Å². The number of para-hydroxylation sites is 1. The average Bonchev–Trinajstić information content (AvgIpc) is 3.01. The van der Waals surface area contributed by atoms with Gasteiger partial charge in [0.1, 0.15) is 11.8 Å². The maximum absolute atomic E-state index is 12.3. The molecule has 1 aromatic heterocycles. The first-order valence-corrected chi connectivity index (χ1v) is 10.6. The zero-order chi connectivity index (χ0) is 22.8. The van der Waals surface area contributed by atoms with E-state index < -0.39 is 32.4 Å². The molecule has 0 saturated heterocycles. The van der Waals surface area contributed by atoms with Crippen LogP contribution in [0.5, 0.6) is 5.75 Å². The highest BCUT2D eigenvalue weighted by molar-refractivity contribution is 7.46. The van der Waals surface area contributed by atoms with Crippen molar-refractivity contribution in [3.8, 4) is 5.75 Å². The number of phosphoric acid groups is 1. The molecule has 0 unspecified atom stereocenters. The Kier molecular flexibility index (Phi) is 6.51. The van der Waals surface area contributed by atoms with Gasteiger partial charge in [0.25, 0.3) is 0 Å². The van der Waals surface area contributed by atoms with Gasteiger partial charge in [-0.3, -0.25) is 19.3 Å². The van der Waals surface area contributed by atoms with Crippen LogP contribution in [-0.2, 0) is 25.3 Å². The summed E-state index contributed by atoms with van der Waals surface area (Å²) in [6.45, 7) is 0.914. The summed E-state index contributed by atoms with van der Waals surface area (Å²) in [4.78, 5) is 49.8. The third-order valence-electron chi connectivity index (χ3n) is 4.78. The molecule has 2 heterocycles. The van der Waals surface area contributed by atoms with E-state index in [9.17, 15) is 24.4 Å². The number of nitrogens with one attached hydrogen (secondary N) is 1. The molecule has 1 aliphatic rings. The number of benzene rings is 1. The number of hydrogen-bond donors (Lipinski definition) is 5. The molecule has 12 heteroatoms. The van der Waals surface area contributed by atoms with Gasteiger partial charge >= 0.3 is 13.8 Å². The van der Waals surface area contributed by atoms with Gasteiger partial charge in [-0.15, -0.1) is 0 Å². The smallest absolute Gasteiger partial charge is 0.469 e. The van der Waals surface area contributed by atoms with Crippen LogP contribution in [0.25, 0.3) is 0 Å². The summed E-state index contributed by atoms with van der Waals surface area (Å²) in [6, 6.07) is 5.64. The molecule has 1 amide bonds. The van der Waals surface area contributed by atoms with Gasteiger partial charge in [-0.1, -0.05) is 18.2 Å². The third-order valence-corrected chi connectivity index (χ3v) is 5.25. The summed E-state index contributed by atoms with van der Waals surface area (Å²) >= 11 is 0. The molecule has 2 aromatic rings. The standard InChI is InChI=1S/C19H20N3O8P/c1-10-17(23)14(11(7-20-10)9-30-31(27,28)29)8-21-16(19(25)26)6-13-12-4-2-3-5-15(12)22-18(13)24/h2-5,7-8,13,16,23H,6,9H2,1H3,(H,22,24)(H,25,26)(H2,27,28,29)/t13-,16-/m0/s1. The number of aliphatic imine (C=N–C) groups is 1. The van der Waals surface area contributed by atoms with Gasteiger partial charge in [-0.25, -0.2) is 9.36 Å². The highest BCUT2D eigenvalue weighted by atomic mass is 31.2. The van der Waals surface area contributed by atoms with Crippen LogP contribution in [0.2, 0.25) is 0 Å². The van der Waals surface area contributed by atoms with E-state index >= 15 is 0 Å². The van der Waals surface area contributed by atoms with Gasteiger partial charge in [-0.05, 0) is 25.0 Å². The molecule has 164 valence electrons. The Morgan fingerprint density at radius 1 is 1.39 bits per heavy atom. The lowest BCUT2D eigenvalue weighted by molar-refractivity contribution is -0.138. The number of aromatic hydroxyl groups is 1. The van der Waals surface area contributed by atoms with Crippen molar-refractivity contribution in [2.45, 2.75) is 31.9 Å². The van der Waals surface area contributed by atoms with E-state index in [1.165, 1.54) is 13.1 Å². The van der Waals surface area contributed by atoms with Crippen LogP contribution in [0.3, 0.4) is 0 Å². The maximum Gasteiger partial charge on any atom is 0.469 e.